The van der Waals surface area contributed by atoms with E-state index in [4.69, 9.17) is 9.47 Å². The predicted octanol–water partition coefficient (Wildman–Crippen LogP) is 0.880. The minimum Gasteiger partial charge on any atom is -0.508 e. The molecule has 2 aromatic rings. The van der Waals surface area contributed by atoms with E-state index in [0.717, 1.165) is 5.56 Å². The van der Waals surface area contributed by atoms with E-state index in [1.165, 1.54) is 19.2 Å². The van der Waals surface area contributed by atoms with E-state index >= 15 is 0 Å². The lowest BCUT2D eigenvalue weighted by Gasteiger charge is -2.21. The third-order valence-corrected chi connectivity index (χ3v) is 4.18. The summed E-state index contributed by atoms with van der Waals surface area (Å²) in [6.07, 6.45) is -0.795. The van der Waals surface area contributed by atoms with Crippen LogP contribution in [0.25, 0.3) is 0 Å². The molecule has 2 atom stereocenters. The van der Waals surface area contributed by atoms with Crippen LogP contribution in [0.15, 0.2) is 54.6 Å². The molecule has 0 aliphatic rings. The number of carbonyl (C=O) groups is 3. The minimum atomic E-state index is -1.32. The molecule has 0 aromatic heterocycles. The Morgan fingerprint density at radius 3 is 2.20 bits per heavy atom. The van der Waals surface area contributed by atoms with Crippen LogP contribution in [0.4, 0.5) is 4.79 Å². The number of alkyl carbamates (subject to hydrolysis) is 1. The van der Waals surface area contributed by atoms with Gasteiger partial charge in [-0.3, -0.25) is 4.79 Å². The second-order valence-corrected chi connectivity index (χ2v) is 6.40. The van der Waals surface area contributed by atoms with Gasteiger partial charge in [-0.05, 0) is 23.3 Å². The van der Waals surface area contributed by atoms with E-state index in [-0.39, 0.29) is 18.8 Å². The van der Waals surface area contributed by atoms with Crippen molar-refractivity contribution in [3.8, 4) is 5.75 Å². The van der Waals surface area contributed by atoms with Gasteiger partial charge in [0.05, 0.1) is 13.7 Å². The lowest BCUT2D eigenvalue weighted by atomic mass is 10.1. The molecule has 0 radical (unpaired) electrons. The lowest BCUT2D eigenvalue weighted by molar-refractivity contribution is -0.145. The van der Waals surface area contributed by atoms with Gasteiger partial charge in [-0.1, -0.05) is 42.5 Å². The third-order valence-electron chi connectivity index (χ3n) is 4.18. The molecule has 0 aliphatic heterocycles. The number of ether oxygens (including phenoxy) is 2. The van der Waals surface area contributed by atoms with Crippen molar-refractivity contribution in [3.63, 3.8) is 0 Å². The van der Waals surface area contributed by atoms with Crippen LogP contribution in [0, 0.1) is 0 Å². The second kappa shape index (κ2) is 11.4. The van der Waals surface area contributed by atoms with Gasteiger partial charge in [-0.2, -0.15) is 0 Å². The van der Waals surface area contributed by atoms with Crippen molar-refractivity contribution in [1.82, 2.24) is 10.6 Å². The number of phenolic OH excluding ortho intramolecular Hbond substituents is 1. The molecule has 9 nitrogen and oxygen atoms in total. The zero-order chi connectivity index (χ0) is 21.9. The first-order valence-electron chi connectivity index (χ1n) is 9.17. The zero-order valence-corrected chi connectivity index (χ0v) is 16.4. The fourth-order valence-electron chi connectivity index (χ4n) is 2.58. The molecule has 0 fully saturated rings. The van der Waals surface area contributed by atoms with Crippen molar-refractivity contribution in [3.05, 3.63) is 65.7 Å². The predicted molar refractivity (Wildman–Crippen MR) is 106 cm³/mol. The highest BCUT2D eigenvalue weighted by molar-refractivity contribution is 5.89. The number of hydrogen-bond acceptors (Lipinski definition) is 7. The molecule has 0 heterocycles. The van der Waals surface area contributed by atoms with E-state index in [1.54, 1.807) is 36.4 Å². The second-order valence-electron chi connectivity index (χ2n) is 6.40. The van der Waals surface area contributed by atoms with Crippen LogP contribution in [0.5, 0.6) is 5.75 Å². The lowest BCUT2D eigenvalue weighted by Crippen LogP contribution is -2.54. The molecule has 2 rings (SSSR count). The number of nitrogens with one attached hydrogen (secondary N) is 2. The molecule has 0 aliphatic carbocycles. The molecule has 2 aromatic carbocycles. The van der Waals surface area contributed by atoms with Crippen molar-refractivity contribution in [2.45, 2.75) is 25.1 Å². The van der Waals surface area contributed by atoms with Gasteiger partial charge in [-0.25, -0.2) is 9.59 Å². The summed E-state index contributed by atoms with van der Waals surface area (Å²) in [4.78, 5) is 36.5. The van der Waals surface area contributed by atoms with E-state index in [2.05, 4.69) is 10.6 Å². The Balaban J connectivity index is 1.94. The molecule has 2 amide bonds. The fraction of sp³-hybridized carbons (Fsp3) is 0.286. The van der Waals surface area contributed by atoms with Gasteiger partial charge >= 0.3 is 12.1 Å². The molecule has 0 saturated heterocycles. The van der Waals surface area contributed by atoms with E-state index in [0.29, 0.717) is 5.56 Å². The number of amides is 2. The van der Waals surface area contributed by atoms with Crippen molar-refractivity contribution >= 4 is 18.0 Å². The number of rotatable bonds is 9. The Morgan fingerprint density at radius 2 is 1.60 bits per heavy atom. The maximum Gasteiger partial charge on any atom is 0.408 e. The Bertz CT molecular complexity index is 840. The first-order valence-corrected chi connectivity index (χ1v) is 9.17. The summed E-state index contributed by atoms with van der Waals surface area (Å²) in [6.45, 7) is -0.697. The van der Waals surface area contributed by atoms with Crippen molar-refractivity contribution < 1.29 is 34.1 Å². The summed E-state index contributed by atoms with van der Waals surface area (Å²) < 4.78 is 9.75. The van der Waals surface area contributed by atoms with Gasteiger partial charge < -0.3 is 30.3 Å². The van der Waals surface area contributed by atoms with Gasteiger partial charge in [0, 0.05) is 6.42 Å². The number of benzene rings is 2. The van der Waals surface area contributed by atoms with Crippen LogP contribution in [0.1, 0.15) is 11.1 Å². The van der Waals surface area contributed by atoms with Crippen LogP contribution in [-0.4, -0.2) is 54.0 Å². The van der Waals surface area contributed by atoms with E-state index < -0.39 is 36.7 Å². The Kier molecular flexibility index (Phi) is 8.64. The van der Waals surface area contributed by atoms with Crippen LogP contribution >= 0.6 is 0 Å². The first-order chi connectivity index (χ1) is 14.4. The monoisotopic (exact) mass is 416 g/mol. The SMILES string of the molecule is COC(=O)[C@H](Cc1ccc(O)cc1)NC(=O)[C@H](CO)NC(=O)OCc1ccccc1. The molecule has 160 valence electrons. The van der Waals surface area contributed by atoms with Gasteiger partial charge in [0.2, 0.25) is 5.91 Å². The average Bonchev–Trinajstić information content (AvgIpc) is 2.77. The van der Waals surface area contributed by atoms with E-state index in [9.17, 15) is 24.6 Å². The largest absolute Gasteiger partial charge is 0.508 e. The number of aromatic hydroxyl groups is 1. The number of carbonyl (C=O) groups excluding carboxylic acids is 3. The van der Waals surface area contributed by atoms with Crippen LogP contribution in [0.2, 0.25) is 0 Å². The van der Waals surface area contributed by atoms with Gasteiger partial charge in [0.25, 0.3) is 0 Å². The number of phenols is 1. The highest BCUT2D eigenvalue weighted by Crippen LogP contribution is 2.12. The third kappa shape index (κ3) is 7.10. The fourth-order valence-corrected chi connectivity index (χ4v) is 2.58. The summed E-state index contributed by atoms with van der Waals surface area (Å²) in [7, 11) is 1.18. The summed E-state index contributed by atoms with van der Waals surface area (Å²) in [5, 5.41) is 23.6. The highest BCUT2D eigenvalue weighted by atomic mass is 16.5. The highest BCUT2D eigenvalue weighted by Gasteiger charge is 2.27. The summed E-state index contributed by atoms with van der Waals surface area (Å²) >= 11 is 0. The number of methoxy groups -OCH3 is 1. The van der Waals surface area contributed by atoms with Crippen molar-refractivity contribution in [2.75, 3.05) is 13.7 Å². The number of aliphatic hydroxyl groups is 1. The molecule has 9 heteroatoms. The molecule has 0 saturated carbocycles. The Hall–Kier alpha value is -3.59. The maximum absolute atomic E-state index is 12.5. The Labute approximate surface area is 173 Å². The smallest absolute Gasteiger partial charge is 0.408 e. The zero-order valence-electron chi connectivity index (χ0n) is 16.4. The first kappa shape index (κ1) is 22.7. The standard InChI is InChI=1S/C21H24N2O7/c1-29-20(27)17(11-14-7-9-16(25)10-8-14)22-19(26)18(12-24)23-21(28)30-13-15-5-3-2-4-6-15/h2-10,17-18,24-25H,11-13H2,1H3,(H,22,26)(H,23,28)/t17-,18-/m0/s1. The van der Waals surface area contributed by atoms with Crippen molar-refractivity contribution in [1.29, 1.82) is 0 Å². The van der Waals surface area contributed by atoms with Gasteiger partial charge in [0.15, 0.2) is 0 Å². The quantitative estimate of drug-likeness (QED) is 0.446. The minimum absolute atomic E-state index is 0.00191. The number of esters is 1. The number of aliphatic hydroxyl groups excluding tert-OH is 1. The molecule has 0 bridgehead atoms. The molecule has 0 spiro atoms. The molecular weight excluding hydrogens is 392 g/mol. The maximum atomic E-state index is 12.5. The molecule has 0 unspecified atom stereocenters. The average molecular weight is 416 g/mol. The van der Waals surface area contributed by atoms with E-state index in [1.807, 2.05) is 6.07 Å². The van der Waals surface area contributed by atoms with Gasteiger partial charge in [0.1, 0.15) is 24.4 Å². The number of hydrogen-bond donors (Lipinski definition) is 4. The van der Waals surface area contributed by atoms with Crippen LogP contribution in [-0.2, 0) is 32.1 Å². The molecule has 30 heavy (non-hydrogen) atoms. The Morgan fingerprint density at radius 1 is 0.933 bits per heavy atom. The summed E-state index contributed by atoms with van der Waals surface area (Å²) in [5.74, 6) is -1.40. The van der Waals surface area contributed by atoms with Gasteiger partial charge in [-0.15, -0.1) is 0 Å². The summed E-state index contributed by atoms with van der Waals surface area (Å²) in [5.41, 5.74) is 1.43. The normalized spacial score (nSPS) is 12.3. The molecule has 4 N–H and O–H groups in total. The van der Waals surface area contributed by atoms with Crippen LogP contribution < -0.4 is 10.6 Å². The van der Waals surface area contributed by atoms with Crippen molar-refractivity contribution in [2.24, 2.45) is 0 Å². The van der Waals surface area contributed by atoms with Crippen LogP contribution in [0.3, 0.4) is 0 Å². The summed E-state index contributed by atoms with van der Waals surface area (Å²) in [6, 6.07) is 12.7. The topological polar surface area (TPSA) is 134 Å². The molecular formula is C21H24N2O7.